The second kappa shape index (κ2) is 13.7. The van der Waals surface area contributed by atoms with Crippen molar-refractivity contribution < 1.29 is 19.2 Å². The first kappa shape index (κ1) is 29.1. The van der Waals surface area contributed by atoms with Gasteiger partial charge in [-0.05, 0) is 42.9 Å². The molecule has 0 aromatic carbocycles. The Hall–Kier alpha value is -1.92. The Morgan fingerprint density at radius 1 is 0.818 bits per heavy atom. The van der Waals surface area contributed by atoms with Crippen molar-refractivity contribution in [3.05, 3.63) is 0 Å². The summed E-state index contributed by atoms with van der Waals surface area (Å²) in [4.78, 5) is 49.8. The molecule has 0 aliphatic carbocycles. The maximum Gasteiger partial charge on any atom is 0.233 e. The largest absolute Gasteiger partial charge is 0.356 e. The van der Waals surface area contributed by atoms with E-state index in [1.807, 2.05) is 20.8 Å². The molecule has 2 N–H and O–H groups in total. The fraction of sp³-hybridized carbons (Fsp3) is 0.846. The first-order chi connectivity index (χ1) is 15.3. The van der Waals surface area contributed by atoms with Crippen LogP contribution >= 0.6 is 0 Å². The van der Waals surface area contributed by atoms with Gasteiger partial charge in [0.25, 0.3) is 0 Å². The third kappa shape index (κ3) is 12.2. The molecular weight excluding hydrogens is 418 g/mol. The molecule has 0 bridgehead atoms. The van der Waals surface area contributed by atoms with E-state index in [1.54, 1.807) is 0 Å². The molecule has 0 spiro atoms. The van der Waals surface area contributed by atoms with Crippen LogP contribution in [0.3, 0.4) is 0 Å². The molecule has 1 saturated heterocycles. The Labute approximate surface area is 200 Å². The van der Waals surface area contributed by atoms with E-state index in [-0.39, 0.29) is 40.4 Å². The van der Waals surface area contributed by atoms with E-state index in [0.717, 1.165) is 51.5 Å². The molecule has 7 heteroatoms. The summed E-state index contributed by atoms with van der Waals surface area (Å²) in [5, 5.41) is 5.90. The van der Waals surface area contributed by atoms with Gasteiger partial charge in [0, 0.05) is 38.9 Å². The molecule has 0 radical (unpaired) electrons. The number of carbonyl (C=O) groups is 4. The van der Waals surface area contributed by atoms with Gasteiger partial charge in [0.2, 0.25) is 23.6 Å². The van der Waals surface area contributed by atoms with E-state index < -0.39 is 0 Å². The number of rotatable bonds is 14. The summed E-state index contributed by atoms with van der Waals surface area (Å²) < 4.78 is 0. The van der Waals surface area contributed by atoms with Crippen LogP contribution in [0.1, 0.15) is 106 Å². The maximum atomic E-state index is 12.5. The van der Waals surface area contributed by atoms with E-state index in [9.17, 15) is 19.2 Å². The molecule has 1 heterocycles. The Bertz CT molecular complexity index is 661. The Morgan fingerprint density at radius 3 is 1.88 bits per heavy atom. The van der Waals surface area contributed by atoms with Crippen molar-refractivity contribution in [3.63, 3.8) is 0 Å². The van der Waals surface area contributed by atoms with Gasteiger partial charge >= 0.3 is 0 Å². The van der Waals surface area contributed by atoms with Crippen molar-refractivity contribution in [3.8, 4) is 0 Å². The molecule has 0 saturated carbocycles. The number of imide groups is 1. The predicted molar refractivity (Wildman–Crippen MR) is 131 cm³/mol. The predicted octanol–water partition coefficient (Wildman–Crippen LogP) is 4.20. The van der Waals surface area contributed by atoms with Crippen LogP contribution in [0, 0.1) is 16.7 Å². The number of carbonyl (C=O) groups excluding carboxylic acids is 4. The molecule has 4 amide bonds. The van der Waals surface area contributed by atoms with Gasteiger partial charge in [0.15, 0.2) is 0 Å². The maximum absolute atomic E-state index is 12.5. The second-order valence-electron chi connectivity index (χ2n) is 11.6. The molecule has 1 aliphatic rings. The molecular formula is C26H47N3O4. The van der Waals surface area contributed by atoms with Crippen LogP contribution in [0.5, 0.6) is 0 Å². The zero-order valence-corrected chi connectivity index (χ0v) is 21.8. The summed E-state index contributed by atoms with van der Waals surface area (Å²) >= 11 is 0. The van der Waals surface area contributed by atoms with Crippen LogP contribution in [-0.4, -0.2) is 48.2 Å². The lowest BCUT2D eigenvalue weighted by Gasteiger charge is -2.24. The molecule has 1 unspecified atom stereocenters. The number of amides is 4. The van der Waals surface area contributed by atoms with Crippen molar-refractivity contribution in [2.75, 3.05) is 19.6 Å². The third-order valence-corrected chi connectivity index (χ3v) is 6.17. The van der Waals surface area contributed by atoms with Gasteiger partial charge in [0.1, 0.15) is 0 Å². The normalized spacial score (nSPS) is 16.9. The quantitative estimate of drug-likeness (QED) is 0.297. The molecule has 33 heavy (non-hydrogen) atoms. The van der Waals surface area contributed by atoms with E-state index >= 15 is 0 Å². The lowest BCUT2D eigenvalue weighted by Crippen LogP contribution is -2.34. The van der Waals surface area contributed by atoms with Crippen LogP contribution in [0.4, 0.5) is 0 Å². The lowest BCUT2D eigenvalue weighted by atomic mass is 9.80. The number of nitrogens with zero attached hydrogens (tertiary/aromatic N) is 1. The van der Waals surface area contributed by atoms with Crippen molar-refractivity contribution in [2.45, 2.75) is 106 Å². The Morgan fingerprint density at radius 2 is 1.36 bits per heavy atom. The monoisotopic (exact) mass is 465 g/mol. The van der Waals surface area contributed by atoms with Gasteiger partial charge in [0.05, 0.1) is 5.92 Å². The summed E-state index contributed by atoms with van der Waals surface area (Å²) in [5.74, 6) is -0.197. The first-order valence-corrected chi connectivity index (χ1v) is 12.7. The summed E-state index contributed by atoms with van der Waals surface area (Å²) in [6, 6.07) is 0. The highest BCUT2D eigenvalue weighted by atomic mass is 16.2. The van der Waals surface area contributed by atoms with Crippen LogP contribution in [0.25, 0.3) is 0 Å². The summed E-state index contributed by atoms with van der Waals surface area (Å²) in [6.45, 7) is 14.3. The zero-order valence-electron chi connectivity index (χ0n) is 21.8. The SMILES string of the molecule is CC(C)(C)CCNC(=O)CCCCCNC(=O)CCCCCN1C(=O)CC(C(C)(C)C)C1=O. The van der Waals surface area contributed by atoms with Crippen LogP contribution in [0.2, 0.25) is 0 Å². The van der Waals surface area contributed by atoms with Crippen LogP contribution < -0.4 is 10.6 Å². The fourth-order valence-electron chi connectivity index (χ4n) is 3.90. The average Bonchev–Trinajstić information content (AvgIpc) is 2.97. The second-order valence-corrected chi connectivity index (χ2v) is 11.6. The molecule has 190 valence electrons. The molecule has 1 rings (SSSR count). The van der Waals surface area contributed by atoms with Crippen LogP contribution in [-0.2, 0) is 19.2 Å². The molecule has 1 fully saturated rings. The highest BCUT2D eigenvalue weighted by molar-refractivity contribution is 6.03. The minimum atomic E-state index is -0.223. The van der Waals surface area contributed by atoms with Crippen molar-refractivity contribution in [2.24, 2.45) is 16.7 Å². The zero-order chi connectivity index (χ0) is 25.1. The summed E-state index contributed by atoms with van der Waals surface area (Å²) in [6.07, 6.45) is 7.20. The topological polar surface area (TPSA) is 95.6 Å². The summed E-state index contributed by atoms with van der Waals surface area (Å²) in [7, 11) is 0. The first-order valence-electron chi connectivity index (χ1n) is 12.7. The number of hydrogen-bond acceptors (Lipinski definition) is 4. The minimum Gasteiger partial charge on any atom is -0.356 e. The van der Waals surface area contributed by atoms with Crippen LogP contribution in [0.15, 0.2) is 0 Å². The Kier molecular flexibility index (Phi) is 12.1. The van der Waals surface area contributed by atoms with Crippen molar-refractivity contribution in [1.29, 1.82) is 0 Å². The van der Waals surface area contributed by atoms with Gasteiger partial charge in [-0.2, -0.15) is 0 Å². The lowest BCUT2D eigenvalue weighted by molar-refractivity contribution is -0.140. The Balaban J connectivity index is 2.02. The highest BCUT2D eigenvalue weighted by Crippen LogP contribution is 2.35. The van der Waals surface area contributed by atoms with E-state index in [2.05, 4.69) is 31.4 Å². The smallest absolute Gasteiger partial charge is 0.233 e. The highest BCUT2D eigenvalue weighted by Gasteiger charge is 2.44. The minimum absolute atomic E-state index is 0.0380. The molecule has 1 atom stereocenters. The van der Waals surface area contributed by atoms with Gasteiger partial charge in [-0.1, -0.05) is 54.4 Å². The summed E-state index contributed by atoms with van der Waals surface area (Å²) in [5.41, 5.74) is 0.0330. The van der Waals surface area contributed by atoms with E-state index in [1.165, 1.54) is 4.90 Å². The van der Waals surface area contributed by atoms with Gasteiger partial charge in [-0.3, -0.25) is 24.1 Å². The van der Waals surface area contributed by atoms with Crippen molar-refractivity contribution >= 4 is 23.6 Å². The van der Waals surface area contributed by atoms with E-state index in [4.69, 9.17) is 0 Å². The molecule has 1 aliphatic heterocycles. The average molecular weight is 466 g/mol. The van der Waals surface area contributed by atoms with E-state index in [0.29, 0.717) is 32.4 Å². The number of nitrogens with one attached hydrogen (secondary N) is 2. The molecule has 0 aromatic rings. The third-order valence-electron chi connectivity index (χ3n) is 6.17. The number of likely N-dealkylation sites (tertiary alicyclic amines) is 1. The number of hydrogen-bond donors (Lipinski definition) is 2. The fourth-order valence-corrected chi connectivity index (χ4v) is 3.90. The standard InChI is InChI=1S/C26H47N3O4/c1-25(2,3)15-17-28-22(31)13-9-7-11-16-27-21(30)14-10-8-12-18-29-23(32)19-20(24(29)33)26(4,5)6/h20H,7-19H2,1-6H3,(H,27,30)(H,28,31). The van der Waals surface area contributed by atoms with Gasteiger partial charge in [-0.15, -0.1) is 0 Å². The van der Waals surface area contributed by atoms with Gasteiger partial charge in [-0.25, -0.2) is 0 Å². The molecule has 0 aromatic heterocycles. The molecule has 7 nitrogen and oxygen atoms in total. The van der Waals surface area contributed by atoms with Crippen molar-refractivity contribution in [1.82, 2.24) is 15.5 Å². The van der Waals surface area contributed by atoms with Gasteiger partial charge < -0.3 is 10.6 Å². The number of unbranched alkanes of at least 4 members (excludes halogenated alkanes) is 4.